The first-order valence-corrected chi connectivity index (χ1v) is 8.62. The summed E-state index contributed by atoms with van der Waals surface area (Å²) in [6, 6.07) is 5.98. The molecular weight excluding hydrogens is 346 g/mol. The minimum absolute atomic E-state index is 0.0972. The molecule has 0 radical (unpaired) electrons. The van der Waals surface area contributed by atoms with Gasteiger partial charge in [0.15, 0.2) is 5.13 Å². The van der Waals surface area contributed by atoms with Gasteiger partial charge in [0.1, 0.15) is 12.7 Å². The Hall–Kier alpha value is -2.25. The number of carbonyl (C=O) groups is 1. The highest BCUT2D eigenvalue weighted by Crippen LogP contribution is 2.26. The lowest BCUT2D eigenvalue weighted by Crippen LogP contribution is -2.14. The third-order valence-corrected chi connectivity index (χ3v) is 4.92. The van der Waals surface area contributed by atoms with Crippen LogP contribution in [-0.4, -0.2) is 25.7 Å². The molecule has 0 bridgehead atoms. The van der Waals surface area contributed by atoms with Crippen LogP contribution in [0.3, 0.4) is 0 Å². The minimum atomic E-state index is -0.0972. The molecule has 2 heterocycles. The Morgan fingerprint density at radius 3 is 3.08 bits per heavy atom. The lowest BCUT2D eigenvalue weighted by Gasteiger charge is -2.04. The maximum absolute atomic E-state index is 11.9. The fourth-order valence-electron chi connectivity index (χ4n) is 2.23. The standard InChI is InChI=1S/C16H16ClN5OS/c1-11-3-2-4-12(15(11)17)7-13-8-19-16(24-13)21-14(23)5-6-22-10-18-9-20-22/h2-4,8-10H,5-7H2,1H3,(H,19,21,23). The van der Waals surface area contributed by atoms with E-state index in [0.717, 1.165) is 21.0 Å². The number of anilines is 1. The third-order valence-electron chi connectivity index (χ3n) is 3.47. The molecule has 1 aromatic carbocycles. The molecule has 6 nitrogen and oxygen atoms in total. The predicted molar refractivity (Wildman–Crippen MR) is 94.4 cm³/mol. The van der Waals surface area contributed by atoms with E-state index in [0.29, 0.717) is 24.5 Å². The number of thiazole rings is 1. The van der Waals surface area contributed by atoms with E-state index in [-0.39, 0.29) is 5.91 Å². The van der Waals surface area contributed by atoms with Crippen LogP contribution >= 0.6 is 22.9 Å². The summed E-state index contributed by atoms with van der Waals surface area (Å²) in [7, 11) is 0. The van der Waals surface area contributed by atoms with E-state index in [1.807, 2.05) is 25.1 Å². The topological polar surface area (TPSA) is 72.7 Å². The number of rotatable bonds is 6. The molecule has 0 unspecified atom stereocenters. The Balaban J connectivity index is 1.57. The smallest absolute Gasteiger partial charge is 0.228 e. The van der Waals surface area contributed by atoms with Gasteiger partial charge in [0.2, 0.25) is 5.91 Å². The molecule has 124 valence electrons. The Kier molecular flexibility index (Phi) is 5.22. The molecule has 0 aliphatic carbocycles. The van der Waals surface area contributed by atoms with Gasteiger partial charge in [0.05, 0.1) is 6.54 Å². The average Bonchev–Trinajstić information content (AvgIpc) is 3.22. The molecule has 0 spiro atoms. The molecule has 1 N–H and O–H groups in total. The van der Waals surface area contributed by atoms with Gasteiger partial charge in [0.25, 0.3) is 0 Å². The largest absolute Gasteiger partial charge is 0.302 e. The fraction of sp³-hybridized carbons (Fsp3) is 0.250. The molecule has 3 rings (SSSR count). The highest BCUT2D eigenvalue weighted by atomic mass is 35.5. The number of hydrogen-bond donors (Lipinski definition) is 1. The summed E-state index contributed by atoms with van der Waals surface area (Å²) < 4.78 is 1.62. The quantitative estimate of drug-likeness (QED) is 0.731. The molecule has 0 saturated heterocycles. The summed E-state index contributed by atoms with van der Waals surface area (Å²) >= 11 is 7.78. The van der Waals surface area contributed by atoms with Gasteiger partial charge in [-0.2, -0.15) is 5.10 Å². The summed E-state index contributed by atoms with van der Waals surface area (Å²) in [5.41, 5.74) is 2.12. The minimum Gasteiger partial charge on any atom is -0.302 e. The van der Waals surface area contributed by atoms with Crippen molar-refractivity contribution in [1.29, 1.82) is 0 Å². The van der Waals surface area contributed by atoms with Crippen LogP contribution in [0.1, 0.15) is 22.4 Å². The summed E-state index contributed by atoms with van der Waals surface area (Å²) in [4.78, 5) is 21.1. The van der Waals surface area contributed by atoms with Gasteiger partial charge >= 0.3 is 0 Å². The summed E-state index contributed by atoms with van der Waals surface area (Å²) in [6.07, 6.45) is 5.83. The zero-order valence-corrected chi connectivity index (χ0v) is 14.6. The first kappa shape index (κ1) is 16.6. The van der Waals surface area contributed by atoms with E-state index < -0.39 is 0 Å². The number of halogens is 1. The van der Waals surface area contributed by atoms with Crippen molar-refractivity contribution in [1.82, 2.24) is 19.7 Å². The van der Waals surface area contributed by atoms with Gasteiger partial charge in [-0.3, -0.25) is 9.48 Å². The molecule has 1 amide bonds. The zero-order chi connectivity index (χ0) is 16.9. The molecule has 2 aromatic heterocycles. The van der Waals surface area contributed by atoms with Crippen LogP contribution in [0.25, 0.3) is 0 Å². The number of nitrogens with one attached hydrogen (secondary N) is 1. The van der Waals surface area contributed by atoms with Crippen molar-refractivity contribution in [2.24, 2.45) is 0 Å². The second-order valence-electron chi connectivity index (χ2n) is 5.31. The van der Waals surface area contributed by atoms with Crippen molar-refractivity contribution in [3.8, 4) is 0 Å². The lowest BCUT2D eigenvalue weighted by molar-refractivity contribution is -0.116. The van der Waals surface area contributed by atoms with E-state index in [1.54, 1.807) is 17.2 Å². The van der Waals surface area contributed by atoms with Crippen LogP contribution < -0.4 is 5.32 Å². The number of benzene rings is 1. The van der Waals surface area contributed by atoms with Crippen molar-refractivity contribution in [2.45, 2.75) is 26.3 Å². The van der Waals surface area contributed by atoms with Crippen molar-refractivity contribution < 1.29 is 4.79 Å². The lowest BCUT2D eigenvalue weighted by atomic mass is 10.1. The molecule has 0 saturated carbocycles. The van der Waals surface area contributed by atoms with E-state index in [2.05, 4.69) is 20.4 Å². The number of nitrogens with zero attached hydrogens (tertiary/aromatic N) is 4. The number of carbonyl (C=O) groups excluding carboxylic acids is 1. The fourth-order valence-corrected chi connectivity index (χ4v) is 3.27. The molecule has 8 heteroatoms. The summed E-state index contributed by atoms with van der Waals surface area (Å²) in [5, 5.41) is 8.15. The van der Waals surface area contributed by atoms with Gasteiger partial charge in [-0.1, -0.05) is 29.8 Å². The molecule has 0 aliphatic rings. The van der Waals surface area contributed by atoms with E-state index in [4.69, 9.17) is 11.6 Å². The number of hydrogen-bond acceptors (Lipinski definition) is 5. The zero-order valence-electron chi connectivity index (χ0n) is 13.1. The van der Waals surface area contributed by atoms with Gasteiger partial charge in [-0.25, -0.2) is 9.97 Å². The second kappa shape index (κ2) is 7.55. The number of aromatic nitrogens is 4. The Bertz CT molecular complexity index is 831. The highest BCUT2D eigenvalue weighted by molar-refractivity contribution is 7.15. The van der Waals surface area contributed by atoms with Gasteiger partial charge in [-0.15, -0.1) is 11.3 Å². The van der Waals surface area contributed by atoms with Crippen molar-refractivity contribution in [2.75, 3.05) is 5.32 Å². The Morgan fingerprint density at radius 2 is 2.29 bits per heavy atom. The van der Waals surface area contributed by atoms with E-state index >= 15 is 0 Å². The molecular formula is C16H16ClN5OS. The van der Waals surface area contributed by atoms with Crippen LogP contribution in [0, 0.1) is 6.92 Å². The van der Waals surface area contributed by atoms with Crippen LogP contribution in [0.15, 0.2) is 37.1 Å². The molecule has 0 fully saturated rings. The van der Waals surface area contributed by atoms with E-state index in [1.165, 1.54) is 17.7 Å². The maximum Gasteiger partial charge on any atom is 0.228 e. The van der Waals surface area contributed by atoms with Crippen LogP contribution in [0.2, 0.25) is 5.02 Å². The van der Waals surface area contributed by atoms with Crippen molar-refractivity contribution >= 4 is 34.0 Å². The summed E-state index contributed by atoms with van der Waals surface area (Å²) in [5.74, 6) is -0.0972. The third kappa shape index (κ3) is 4.18. The predicted octanol–water partition coefficient (Wildman–Crippen LogP) is 3.32. The molecule has 24 heavy (non-hydrogen) atoms. The van der Waals surface area contributed by atoms with Crippen molar-refractivity contribution in [3.63, 3.8) is 0 Å². The normalized spacial score (nSPS) is 10.8. The highest BCUT2D eigenvalue weighted by Gasteiger charge is 2.10. The first-order valence-electron chi connectivity index (χ1n) is 7.43. The van der Waals surface area contributed by atoms with E-state index in [9.17, 15) is 4.79 Å². The number of amides is 1. The van der Waals surface area contributed by atoms with Gasteiger partial charge < -0.3 is 5.32 Å². The summed E-state index contributed by atoms with van der Waals surface area (Å²) in [6.45, 7) is 2.47. The van der Waals surface area contributed by atoms with Gasteiger partial charge in [0, 0.05) is 28.9 Å². The maximum atomic E-state index is 11.9. The molecule has 0 atom stereocenters. The van der Waals surface area contributed by atoms with Crippen LogP contribution in [0.5, 0.6) is 0 Å². The Labute approximate surface area is 148 Å². The van der Waals surface area contributed by atoms with Gasteiger partial charge in [-0.05, 0) is 18.1 Å². The second-order valence-corrected chi connectivity index (χ2v) is 6.81. The van der Waals surface area contributed by atoms with Crippen molar-refractivity contribution in [3.05, 3.63) is 58.1 Å². The van der Waals surface area contributed by atoms with Crippen LogP contribution in [0.4, 0.5) is 5.13 Å². The first-order chi connectivity index (χ1) is 11.6. The monoisotopic (exact) mass is 361 g/mol. The SMILES string of the molecule is Cc1cccc(Cc2cnc(NC(=O)CCn3cncn3)s2)c1Cl. The molecule has 0 aliphatic heterocycles. The average molecular weight is 362 g/mol. The Morgan fingerprint density at radius 1 is 1.42 bits per heavy atom. The van der Waals surface area contributed by atoms with Crippen LogP contribution in [-0.2, 0) is 17.8 Å². The number of aryl methyl sites for hydroxylation is 2. The molecule has 3 aromatic rings.